The molecule has 0 heterocycles. The largest absolute Gasteiger partial charge is 0.388 e. The normalized spacial score (nSPS) is 41.4. The first kappa shape index (κ1) is 16.5. The zero-order valence-corrected chi connectivity index (χ0v) is 14.4. The maximum Gasteiger partial charge on any atom is 0.0781 e. The smallest absolute Gasteiger partial charge is 0.0781 e. The van der Waals surface area contributed by atoms with Crippen molar-refractivity contribution in [1.29, 1.82) is 0 Å². The Morgan fingerprint density at radius 3 is 2.48 bits per heavy atom. The van der Waals surface area contributed by atoms with Crippen molar-refractivity contribution in [1.82, 2.24) is 0 Å². The molecular formula is C20H32O. The molecule has 0 aromatic heterocycles. The second kappa shape index (κ2) is 6.52. The molecule has 1 fully saturated rings. The van der Waals surface area contributed by atoms with Crippen LogP contribution in [0.25, 0.3) is 0 Å². The van der Waals surface area contributed by atoms with E-state index in [2.05, 4.69) is 52.8 Å². The van der Waals surface area contributed by atoms with Gasteiger partial charge in [0.2, 0.25) is 0 Å². The lowest BCUT2D eigenvalue weighted by molar-refractivity contribution is 0.213. The summed E-state index contributed by atoms with van der Waals surface area (Å²) in [7, 11) is 0. The van der Waals surface area contributed by atoms with Crippen LogP contribution in [0.1, 0.15) is 66.7 Å². The molecule has 3 unspecified atom stereocenters. The van der Waals surface area contributed by atoms with Crippen LogP contribution in [0.3, 0.4) is 0 Å². The molecule has 1 N–H and O–H groups in total. The summed E-state index contributed by atoms with van der Waals surface area (Å²) in [6, 6.07) is 0. The summed E-state index contributed by atoms with van der Waals surface area (Å²) in [5.74, 6) is 1.60. The van der Waals surface area contributed by atoms with Gasteiger partial charge in [-0.25, -0.2) is 0 Å². The molecule has 1 saturated carbocycles. The fourth-order valence-corrected chi connectivity index (χ4v) is 3.71. The first-order valence-corrected chi connectivity index (χ1v) is 8.50. The van der Waals surface area contributed by atoms with Crippen LogP contribution in [0, 0.1) is 17.3 Å². The average Bonchev–Trinajstić information content (AvgIpc) is 2.92. The summed E-state index contributed by atoms with van der Waals surface area (Å²) >= 11 is 0. The van der Waals surface area contributed by atoms with Gasteiger partial charge in [-0.1, -0.05) is 43.2 Å². The van der Waals surface area contributed by atoms with Crippen LogP contribution >= 0.6 is 0 Å². The van der Waals surface area contributed by atoms with E-state index in [4.69, 9.17) is 0 Å². The predicted octanol–water partition coefficient (Wildman–Crippen LogP) is 5.42. The topological polar surface area (TPSA) is 20.2 Å². The molecule has 3 atom stereocenters. The molecular weight excluding hydrogens is 256 g/mol. The lowest BCUT2D eigenvalue weighted by atomic mass is 10.00. The van der Waals surface area contributed by atoms with Gasteiger partial charge in [0, 0.05) is 0 Å². The molecule has 1 nitrogen and oxygen atoms in total. The van der Waals surface area contributed by atoms with Crippen molar-refractivity contribution >= 4 is 0 Å². The van der Waals surface area contributed by atoms with Gasteiger partial charge in [-0.3, -0.25) is 0 Å². The van der Waals surface area contributed by atoms with E-state index in [1.54, 1.807) is 0 Å². The molecule has 2 aliphatic rings. The summed E-state index contributed by atoms with van der Waals surface area (Å²) in [6.45, 7) is 11.4. The molecule has 0 amide bonds. The standard InChI is InChI=1S/C20H32O/c1-14-9-11-17-18(20(17,4)5)13-15(2)7-6-8-16(3)19(21)12-10-14/h8,10,13,17-19,21H,6-7,9,11-12H2,1-5H3/b14-10-,15-13-,16-8-. The Bertz CT molecular complexity index is 464. The molecule has 0 radical (unpaired) electrons. The average molecular weight is 288 g/mol. The van der Waals surface area contributed by atoms with Gasteiger partial charge < -0.3 is 5.11 Å². The summed E-state index contributed by atoms with van der Waals surface area (Å²) in [4.78, 5) is 0. The van der Waals surface area contributed by atoms with Crippen LogP contribution in [-0.4, -0.2) is 11.2 Å². The zero-order valence-electron chi connectivity index (χ0n) is 14.4. The SMILES string of the molecule is C/C1=C/C2C(CC/C(C)=C\CC(O)/C(C)=C\CC1)C2(C)C. The number of rotatable bonds is 0. The second-order valence-electron chi connectivity index (χ2n) is 7.79. The van der Waals surface area contributed by atoms with E-state index in [0.29, 0.717) is 5.41 Å². The van der Waals surface area contributed by atoms with Crippen molar-refractivity contribution < 1.29 is 5.11 Å². The minimum absolute atomic E-state index is 0.308. The second-order valence-corrected chi connectivity index (χ2v) is 7.79. The van der Waals surface area contributed by atoms with Crippen molar-refractivity contribution in [2.45, 2.75) is 72.8 Å². The number of aliphatic hydroxyl groups excluding tert-OH is 1. The first-order valence-electron chi connectivity index (χ1n) is 8.50. The molecule has 0 aliphatic heterocycles. The number of hydrogen-bond donors (Lipinski definition) is 1. The summed E-state index contributed by atoms with van der Waals surface area (Å²) < 4.78 is 0. The van der Waals surface area contributed by atoms with Gasteiger partial charge in [0.1, 0.15) is 0 Å². The quantitative estimate of drug-likeness (QED) is 0.590. The maximum atomic E-state index is 10.2. The van der Waals surface area contributed by atoms with E-state index in [-0.39, 0.29) is 6.10 Å². The molecule has 0 bridgehead atoms. The molecule has 2 rings (SSSR count). The zero-order chi connectivity index (χ0) is 15.6. The third kappa shape index (κ3) is 4.10. The molecule has 1 heteroatoms. The van der Waals surface area contributed by atoms with Crippen molar-refractivity contribution in [3.63, 3.8) is 0 Å². The Labute approximate surface area is 130 Å². The van der Waals surface area contributed by atoms with E-state index in [1.165, 1.54) is 24.0 Å². The van der Waals surface area contributed by atoms with Gasteiger partial charge in [-0.05, 0) is 75.7 Å². The highest BCUT2D eigenvalue weighted by Crippen LogP contribution is 2.61. The summed E-state index contributed by atoms with van der Waals surface area (Å²) in [5.41, 5.74) is 4.54. The molecule has 0 spiro atoms. The van der Waals surface area contributed by atoms with E-state index in [0.717, 1.165) is 36.7 Å². The number of hydrogen-bond acceptors (Lipinski definition) is 1. The van der Waals surface area contributed by atoms with Crippen LogP contribution in [0.2, 0.25) is 0 Å². The Morgan fingerprint density at radius 1 is 1.05 bits per heavy atom. The third-order valence-electron chi connectivity index (χ3n) is 5.67. The minimum atomic E-state index is -0.308. The van der Waals surface area contributed by atoms with E-state index in [9.17, 15) is 5.11 Å². The van der Waals surface area contributed by atoms with Crippen LogP contribution in [0.4, 0.5) is 0 Å². The fourth-order valence-electron chi connectivity index (χ4n) is 3.71. The summed E-state index contributed by atoms with van der Waals surface area (Å²) in [5, 5.41) is 10.2. The number of fused-ring (bicyclic) bond motifs is 1. The summed E-state index contributed by atoms with van der Waals surface area (Å²) in [6.07, 6.45) is 12.1. The van der Waals surface area contributed by atoms with Gasteiger partial charge in [-0.2, -0.15) is 0 Å². The highest BCUT2D eigenvalue weighted by molar-refractivity contribution is 5.19. The lowest BCUT2D eigenvalue weighted by Crippen LogP contribution is -2.07. The number of aliphatic hydroxyl groups is 1. The van der Waals surface area contributed by atoms with Crippen molar-refractivity contribution in [2.75, 3.05) is 0 Å². The van der Waals surface area contributed by atoms with Gasteiger partial charge >= 0.3 is 0 Å². The van der Waals surface area contributed by atoms with E-state index < -0.39 is 0 Å². The van der Waals surface area contributed by atoms with Crippen LogP contribution < -0.4 is 0 Å². The molecule has 0 aromatic rings. The highest BCUT2D eigenvalue weighted by atomic mass is 16.3. The Kier molecular flexibility index (Phi) is 5.14. The van der Waals surface area contributed by atoms with Gasteiger partial charge in [0.25, 0.3) is 0 Å². The van der Waals surface area contributed by atoms with Crippen LogP contribution in [-0.2, 0) is 0 Å². The predicted molar refractivity (Wildman–Crippen MR) is 91.1 cm³/mol. The molecule has 21 heavy (non-hydrogen) atoms. The third-order valence-corrected chi connectivity index (χ3v) is 5.67. The number of allylic oxidation sites excluding steroid dienone is 4. The maximum absolute atomic E-state index is 10.2. The molecule has 0 saturated heterocycles. The van der Waals surface area contributed by atoms with Gasteiger partial charge in [0.05, 0.1) is 6.10 Å². The van der Waals surface area contributed by atoms with Crippen molar-refractivity contribution in [3.8, 4) is 0 Å². The van der Waals surface area contributed by atoms with Crippen LogP contribution in [0.15, 0.2) is 34.9 Å². The Morgan fingerprint density at radius 2 is 1.76 bits per heavy atom. The van der Waals surface area contributed by atoms with E-state index >= 15 is 0 Å². The fraction of sp³-hybridized carbons (Fsp3) is 0.700. The van der Waals surface area contributed by atoms with Crippen molar-refractivity contribution in [2.24, 2.45) is 17.3 Å². The Balaban J connectivity index is 2.14. The van der Waals surface area contributed by atoms with Gasteiger partial charge in [0.15, 0.2) is 0 Å². The van der Waals surface area contributed by atoms with Crippen molar-refractivity contribution in [3.05, 3.63) is 34.9 Å². The Hall–Kier alpha value is -0.820. The monoisotopic (exact) mass is 288 g/mol. The molecule has 0 aromatic carbocycles. The minimum Gasteiger partial charge on any atom is -0.388 e. The van der Waals surface area contributed by atoms with Crippen LogP contribution in [0.5, 0.6) is 0 Å². The highest BCUT2D eigenvalue weighted by Gasteiger charge is 2.55. The first-order chi connectivity index (χ1) is 9.82. The molecule has 118 valence electrons. The lowest BCUT2D eigenvalue weighted by Gasteiger charge is -2.11. The molecule has 2 aliphatic carbocycles. The van der Waals surface area contributed by atoms with Gasteiger partial charge in [-0.15, -0.1) is 0 Å². The van der Waals surface area contributed by atoms with E-state index in [1.807, 2.05) is 0 Å².